The van der Waals surface area contributed by atoms with Crippen LogP contribution in [-0.4, -0.2) is 59.0 Å². The number of Topliss-reactive ketones (excluding diaryl/α,β-unsaturated/α-hetero) is 1. The molecule has 1 saturated heterocycles. The molecule has 7 aliphatic rings. The number of hydrogen-bond acceptors (Lipinski definition) is 11. The summed E-state index contributed by atoms with van der Waals surface area (Å²) in [6, 6.07) is 2.35. The maximum absolute atomic E-state index is 15.3. The van der Waals surface area contributed by atoms with Crippen LogP contribution in [0, 0.1) is 35.0 Å². The Labute approximate surface area is 333 Å². The SMILES string of the molecule is COC(=O)C(C)=CCC12OC(C)(C)C3CC(C1=O)C1C4=C(N=C(N)C1C#N)c1c(OC(=O)CCl)c5c(c(CC=C(C)C)c1OC432)OC(C)(CCC=C(C)C)C=C5. The molecule has 1 aromatic rings. The first kappa shape index (κ1) is 39.6. The molecule has 7 atom stereocenters. The molecule has 0 amide bonds. The summed E-state index contributed by atoms with van der Waals surface area (Å²) in [4.78, 5) is 46.2. The van der Waals surface area contributed by atoms with Gasteiger partial charge in [-0.15, -0.1) is 11.6 Å². The summed E-state index contributed by atoms with van der Waals surface area (Å²) in [5.74, 6) is -3.59. The van der Waals surface area contributed by atoms with Gasteiger partial charge >= 0.3 is 11.9 Å². The molecule has 4 bridgehead atoms. The van der Waals surface area contributed by atoms with Gasteiger partial charge in [-0.05, 0) is 93.2 Å². The molecule has 296 valence electrons. The second-order valence-electron chi connectivity index (χ2n) is 17.1. The van der Waals surface area contributed by atoms with E-state index < -0.39 is 63.9 Å². The van der Waals surface area contributed by atoms with Crippen LogP contribution < -0.4 is 19.9 Å². The average molecular weight is 784 g/mol. The van der Waals surface area contributed by atoms with Crippen molar-refractivity contribution in [1.82, 2.24) is 0 Å². The third-order valence-corrected chi connectivity index (χ3v) is 12.7. The largest absolute Gasteiger partial charge is 0.482 e. The summed E-state index contributed by atoms with van der Waals surface area (Å²) in [5.41, 5.74) is 7.04. The van der Waals surface area contributed by atoms with Crippen molar-refractivity contribution in [2.75, 3.05) is 13.0 Å². The van der Waals surface area contributed by atoms with Crippen molar-refractivity contribution in [1.29, 1.82) is 5.26 Å². The van der Waals surface area contributed by atoms with Crippen molar-refractivity contribution < 1.29 is 38.1 Å². The van der Waals surface area contributed by atoms with Gasteiger partial charge in [-0.2, -0.15) is 5.26 Å². The summed E-state index contributed by atoms with van der Waals surface area (Å²) in [6.07, 6.45) is 11.9. The highest BCUT2D eigenvalue weighted by Gasteiger charge is 2.84. The van der Waals surface area contributed by atoms with Crippen LogP contribution >= 0.6 is 11.6 Å². The van der Waals surface area contributed by atoms with Crippen molar-refractivity contribution in [2.45, 2.75) is 110 Å². The van der Waals surface area contributed by atoms with E-state index in [9.17, 15) is 14.9 Å². The van der Waals surface area contributed by atoms with Gasteiger partial charge in [0.15, 0.2) is 22.7 Å². The smallest absolute Gasteiger partial charge is 0.333 e. The van der Waals surface area contributed by atoms with E-state index in [2.05, 4.69) is 32.1 Å². The Morgan fingerprint density at radius 1 is 1.09 bits per heavy atom. The van der Waals surface area contributed by atoms with Crippen LogP contribution in [-0.2, 0) is 30.3 Å². The van der Waals surface area contributed by atoms with Gasteiger partial charge in [-0.1, -0.05) is 29.4 Å². The molecule has 3 aliphatic carbocycles. The molecular weight excluding hydrogens is 734 g/mol. The Hall–Kier alpha value is -4.66. The average Bonchev–Trinajstić information content (AvgIpc) is 3.28. The van der Waals surface area contributed by atoms with Crippen LogP contribution in [0.3, 0.4) is 0 Å². The van der Waals surface area contributed by atoms with Crippen LogP contribution in [0.15, 0.2) is 51.6 Å². The molecule has 4 fully saturated rings. The first-order valence-corrected chi connectivity index (χ1v) is 19.7. The number of methoxy groups -OCH3 is 1. The highest BCUT2D eigenvalue weighted by molar-refractivity contribution is 6.26. The number of alkyl halides is 1. The molecule has 0 aromatic heterocycles. The summed E-state index contributed by atoms with van der Waals surface area (Å²) >= 11 is 6.09. The lowest BCUT2D eigenvalue weighted by molar-refractivity contribution is -0.183. The number of benzene rings is 1. The van der Waals surface area contributed by atoms with Crippen molar-refractivity contribution in [2.24, 2.45) is 34.4 Å². The number of rotatable bonds is 10. The van der Waals surface area contributed by atoms with E-state index in [1.54, 1.807) is 13.0 Å². The first-order chi connectivity index (χ1) is 26.4. The number of carbonyl (C=O) groups excluding carboxylic acids is 3. The molecule has 0 radical (unpaired) electrons. The minimum atomic E-state index is -1.63. The van der Waals surface area contributed by atoms with Crippen LogP contribution in [0.25, 0.3) is 11.8 Å². The Morgan fingerprint density at radius 2 is 1.80 bits per heavy atom. The standard InChI is InChI=1S/C44H50ClN3O8/c1-22(2)11-10-16-42(8)17-15-26-35(54-42)25(13-12-23(3)4)37-32(36(26)53-30(49)20-45)34-33-31(28(21-46)39(47)48-34)27-19-29-41(6,7)56-43(38(27)50,44(29,33)55-37)18-14-24(5)40(51)52-9/h11-12,14-15,17,27-29,31H,10,13,16,18-20H2,1-9H3,(H2,47,48). The summed E-state index contributed by atoms with van der Waals surface area (Å²) in [5, 5.41) is 10.6. The predicted molar refractivity (Wildman–Crippen MR) is 212 cm³/mol. The van der Waals surface area contributed by atoms with E-state index in [-0.39, 0.29) is 23.8 Å². The van der Waals surface area contributed by atoms with E-state index in [0.717, 1.165) is 12.0 Å². The molecular formula is C44H50ClN3O8. The quantitative estimate of drug-likeness (QED) is 0.0828. The lowest BCUT2D eigenvalue weighted by Crippen LogP contribution is -2.75. The molecule has 8 rings (SSSR count). The Kier molecular flexibility index (Phi) is 9.73. The number of nitrogens with zero attached hydrogens (tertiary/aromatic N) is 2. The molecule has 2 N–H and O–H groups in total. The number of amidine groups is 1. The van der Waals surface area contributed by atoms with Crippen molar-refractivity contribution >= 4 is 46.9 Å². The van der Waals surface area contributed by atoms with E-state index in [1.807, 2.05) is 46.8 Å². The number of halogens is 1. The fourth-order valence-corrected chi connectivity index (χ4v) is 10.0. The number of esters is 2. The van der Waals surface area contributed by atoms with Gasteiger partial charge in [-0.25, -0.2) is 9.79 Å². The Morgan fingerprint density at radius 3 is 2.45 bits per heavy atom. The zero-order valence-corrected chi connectivity index (χ0v) is 34.3. The number of hydrogen-bond donors (Lipinski definition) is 1. The topological polar surface area (TPSA) is 160 Å². The summed E-state index contributed by atoms with van der Waals surface area (Å²) in [7, 11) is 1.30. The number of nitrogens with two attached hydrogens (primary N) is 1. The van der Waals surface area contributed by atoms with Gasteiger partial charge in [0.05, 0.1) is 35.6 Å². The van der Waals surface area contributed by atoms with Crippen LogP contribution in [0.4, 0.5) is 0 Å². The van der Waals surface area contributed by atoms with Crippen molar-refractivity contribution in [3.8, 4) is 23.3 Å². The second kappa shape index (κ2) is 13.8. The maximum Gasteiger partial charge on any atom is 0.333 e. The number of nitriles is 1. The fourth-order valence-electron chi connectivity index (χ4n) is 9.99. The molecule has 4 heterocycles. The molecule has 1 aromatic carbocycles. The van der Waals surface area contributed by atoms with E-state index in [0.29, 0.717) is 64.3 Å². The molecule has 4 aliphatic heterocycles. The molecule has 7 unspecified atom stereocenters. The second-order valence-corrected chi connectivity index (χ2v) is 17.3. The van der Waals surface area contributed by atoms with Gasteiger partial charge in [0, 0.05) is 40.9 Å². The monoisotopic (exact) mass is 783 g/mol. The molecule has 56 heavy (non-hydrogen) atoms. The lowest BCUT2D eigenvalue weighted by Gasteiger charge is -2.62. The first-order valence-electron chi connectivity index (χ1n) is 19.2. The van der Waals surface area contributed by atoms with Gasteiger partial charge < -0.3 is 29.4 Å². The fraction of sp³-hybridized carbons (Fsp3) is 0.523. The van der Waals surface area contributed by atoms with Gasteiger partial charge in [0.2, 0.25) is 0 Å². The van der Waals surface area contributed by atoms with Crippen LogP contribution in [0.2, 0.25) is 0 Å². The minimum absolute atomic E-state index is 0.0115. The zero-order valence-electron chi connectivity index (χ0n) is 33.6. The summed E-state index contributed by atoms with van der Waals surface area (Å²) < 4.78 is 32.8. The van der Waals surface area contributed by atoms with Gasteiger partial charge in [0.25, 0.3) is 0 Å². The van der Waals surface area contributed by atoms with Gasteiger partial charge in [0.1, 0.15) is 34.7 Å². The third-order valence-electron chi connectivity index (χ3n) is 12.4. The highest BCUT2D eigenvalue weighted by atomic mass is 35.5. The van der Waals surface area contributed by atoms with E-state index in [1.165, 1.54) is 12.7 Å². The maximum atomic E-state index is 15.3. The number of ketones is 1. The number of allylic oxidation sites excluding steroid dienone is 4. The minimum Gasteiger partial charge on any atom is -0.482 e. The predicted octanol–water partition coefficient (Wildman–Crippen LogP) is 7.50. The van der Waals surface area contributed by atoms with Gasteiger partial charge in [-0.3, -0.25) is 9.59 Å². The van der Waals surface area contributed by atoms with Crippen LogP contribution in [0.5, 0.6) is 17.2 Å². The van der Waals surface area contributed by atoms with E-state index in [4.69, 9.17) is 46.0 Å². The third kappa shape index (κ3) is 5.69. The Bertz CT molecular complexity index is 2180. The van der Waals surface area contributed by atoms with E-state index >= 15 is 4.79 Å². The molecule has 1 spiro atoms. The van der Waals surface area contributed by atoms with Crippen molar-refractivity contribution in [3.05, 3.63) is 63.3 Å². The number of fused-ring (bicyclic) bond motifs is 3. The Balaban J connectivity index is 1.59. The van der Waals surface area contributed by atoms with Crippen molar-refractivity contribution in [3.63, 3.8) is 0 Å². The number of ether oxygens (including phenoxy) is 5. The number of aliphatic imine (C=N–C) groups is 1. The lowest BCUT2D eigenvalue weighted by atomic mass is 9.44. The van der Waals surface area contributed by atoms with Crippen LogP contribution in [0.1, 0.15) is 97.8 Å². The summed E-state index contributed by atoms with van der Waals surface area (Å²) in [6.45, 7) is 15.7. The normalized spacial score (nSPS) is 31.1. The molecule has 11 nitrogen and oxygen atoms in total. The molecule has 3 saturated carbocycles. The highest BCUT2D eigenvalue weighted by Crippen LogP contribution is 2.74. The number of carbonyl (C=O) groups is 3. The zero-order chi connectivity index (χ0) is 40.7. The molecule has 12 heteroatoms.